The van der Waals surface area contributed by atoms with Crippen LogP contribution in [-0.4, -0.2) is 16.1 Å². The normalized spacial score (nSPS) is 10.7. The van der Waals surface area contributed by atoms with Gasteiger partial charge in [-0.3, -0.25) is 9.89 Å². The highest BCUT2D eigenvalue weighted by Gasteiger charge is 2.13. The Labute approximate surface area is 104 Å². The monoisotopic (exact) mass is 247 g/mol. The Morgan fingerprint density at radius 3 is 2.72 bits per heavy atom. The van der Waals surface area contributed by atoms with Gasteiger partial charge in [0.1, 0.15) is 5.82 Å². The van der Waals surface area contributed by atoms with Crippen molar-refractivity contribution < 1.29 is 9.18 Å². The van der Waals surface area contributed by atoms with Gasteiger partial charge in [0.05, 0.1) is 5.56 Å². The molecule has 1 heterocycles. The Morgan fingerprint density at radius 1 is 1.39 bits per heavy atom. The summed E-state index contributed by atoms with van der Waals surface area (Å²) in [7, 11) is 0. The Morgan fingerprint density at radius 2 is 2.11 bits per heavy atom. The molecule has 0 aliphatic rings. The van der Waals surface area contributed by atoms with Crippen molar-refractivity contribution in [1.82, 2.24) is 10.2 Å². The van der Waals surface area contributed by atoms with Gasteiger partial charge in [-0.25, -0.2) is 4.39 Å². The summed E-state index contributed by atoms with van der Waals surface area (Å²) in [6.45, 7) is 4.02. The van der Waals surface area contributed by atoms with E-state index >= 15 is 0 Å². The molecule has 0 saturated heterocycles. The number of aromatic amines is 1. The Balaban J connectivity index is 2.14. The van der Waals surface area contributed by atoms with E-state index in [0.29, 0.717) is 5.82 Å². The van der Waals surface area contributed by atoms with E-state index in [0.717, 1.165) is 5.69 Å². The van der Waals surface area contributed by atoms with Gasteiger partial charge in [0, 0.05) is 11.8 Å². The third-order valence-electron chi connectivity index (χ3n) is 2.58. The van der Waals surface area contributed by atoms with E-state index < -0.39 is 11.7 Å². The summed E-state index contributed by atoms with van der Waals surface area (Å²) in [6.07, 6.45) is 0. The number of carbonyl (C=O) groups excluding carboxylic acids is 1. The van der Waals surface area contributed by atoms with Gasteiger partial charge in [0.15, 0.2) is 5.82 Å². The van der Waals surface area contributed by atoms with Gasteiger partial charge in [-0.15, -0.1) is 0 Å². The van der Waals surface area contributed by atoms with Crippen LogP contribution in [0.3, 0.4) is 0 Å². The maximum Gasteiger partial charge on any atom is 0.259 e. The Hall–Kier alpha value is -2.17. The molecule has 2 rings (SSSR count). The molecule has 2 aromatic rings. The fraction of sp³-hybridized carbons (Fsp3) is 0.231. The largest absolute Gasteiger partial charge is 0.305 e. The average Bonchev–Trinajstić information content (AvgIpc) is 2.78. The van der Waals surface area contributed by atoms with E-state index in [4.69, 9.17) is 0 Å². The molecule has 0 bridgehead atoms. The molecule has 1 amide bonds. The van der Waals surface area contributed by atoms with E-state index in [1.807, 2.05) is 13.8 Å². The minimum atomic E-state index is -0.547. The van der Waals surface area contributed by atoms with Gasteiger partial charge in [-0.05, 0) is 18.1 Å². The van der Waals surface area contributed by atoms with Gasteiger partial charge in [0.2, 0.25) is 0 Å². The van der Waals surface area contributed by atoms with E-state index in [1.54, 1.807) is 12.1 Å². The number of H-pyrrole nitrogens is 1. The van der Waals surface area contributed by atoms with Gasteiger partial charge in [-0.1, -0.05) is 26.0 Å². The molecular weight excluding hydrogens is 233 g/mol. The van der Waals surface area contributed by atoms with Crippen molar-refractivity contribution in [1.29, 1.82) is 0 Å². The lowest BCUT2D eigenvalue weighted by Gasteiger charge is -2.02. The van der Waals surface area contributed by atoms with E-state index in [2.05, 4.69) is 15.5 Å². The van der Waals surface area contributed by atoms with Crippen LogP contribution in [-0.2, 0) is 0 Å². The number of rotatable bonds is 3. The number of benzene rings is 1. The fourth-order valence-corrected chi connectivity index (χ4v) is 1.53. The van der Waals surface area contributed by atoms with Crippen molar-refractivity contribution in [3.05, 3.63) is 47.4 Å². The predicted molar refractivity (Wildman–Crippen MR) is 67.0 cm³/mol. The number of hydrogen-bond acceptors (Lipinski definition) is 2. The van der Waals surface area contributed by atoms with Crippen molar-refractivity contribution >= 4 is 11.7 Å². The quantitative estimate of drug-likeness (QED) is 0.876. The first kappa shape index (κ1) is 12.3. The summed E-state index contributed by atoms with van der Waals surface area (Å²) in [5.41, 5.74) is 0.922. The summed E-state index contributed by atoms with van der Waals surface area (Å²) in [5.74, 6) is -0.368. The fourth-order valence-electron chi connectivity index (χ4n) is 1.53. The molecule has 0 aliphatic heterocycles. The molecule has 0 saturated carbocycles. The zero-order valence-electron chi connectivity index (χ0n) is 10.2. The average molecular weight is 247 g/mol. The van der Waals surface area contributed by atoms with Crippen molar-refractivity contribution in [3.63, 3.8) is 0 Å². The summed E-state index contributed by atoms with van der Waals surface area (Å²) < 4.78 is 13.4. The van der Waals surface area contributed by atoms with Crippen LogP contribution >= 0.6 is 0 Å². The van der Waals surface area contributed by atoms with Crippen LogP contribution in [0.1, 0.15) is 35.8 Å². The summed E-state index contributed by atoms with van der Waals surface area (Å²) >= 11 is 0. The second-order valence-electron chi connectivity index (χ2n) is 4.30. The van der Waals surface area contributed by atoms with E-state index in [1.165, 1.54) is 18.2 Å². The highest BCUT2D eigenvalue weighted by atomic mass is 19.1. The molecule has 5 heteroatoms. The lowest BCUT2D eigenvalue weighted by atomic mass is 10.1. The van der Waals surface area contributed by atoms with Gasteiger partial charge >= 0.3 is 0 Å². The molecule has 1 aromatic carbocycles. The van der Waals surface area contributed by atoms with Crippen LogP contribution in [0, 0.1) is 5.82 Å². The molecular formula is C13H14FN3O. The number of carbonyl (C=O) groups is 1. The van der Waals surface area contributed by atoms with Crippen LogP contribution in [0.15, 0.2) is 30.3 Å². The molecule has 0 radical (unpaired) electrons. The molecule has 18 heavy (non-hydrogen) atoms. The first-order valence-electron chi connectivity index (χ1n) is 5.69. The second-order valence-corrected chi connectivity index (χ2v) is 4.30. The number of anilines is 1. The highest BCUT2D eigenvalue weighted by molar-refractivity contribution is 6.03. The molecule has 0 spiro atoms. The molecule has 4 nitrogen and oxygen atoms in total. The summed E-state index contributed by atoms with van der Waals surface area (Å²) in [6, 6.07) is 7.57. The van der Waals surface area contributed by atoms with Crippen LogP contribution in [0.5, 0.6) is 0 Å². The molecule has 2 N–H and O–H groups in total. The minimum absolute atomic E-state index is 0.00611. The van der Waals surface area contributed by atoms with Crippen LogP contribution in [0.4, 0.5) is 10.2 Å². The zero-order valence-corrected chi connectivity index (χ0v) is 10.2. The number of halogens is 1. The van der Waals surface area contributed by atoms with Crippen LogP contribution < -0.4 is 5.32 Å². The smallest absolute Gasteiger partial charge is 0.259 e. The topological polar surface area (TPSA) is 57.8 Å². The number of nitrogens with one attached hydrogen (secondary N) is 2. The maximum absolute atomic E-state index is 13.4. The van der Waals surface area contributed by atoms with E-state index in [9.17, 15) is 9.18 Å². The second kappa shape index (κ2) is 5.00. The summed E-state index contributed by atoms with van der Waals surface area (Å²) in [4.78, 5) is 11.8. The van der Waals surface area contributed by atoms with Gasteiger partial charge in [0.25, 0.3) is 5.91 Å². The lowest BCUT2D eigenvalue weighted by Crippen LogP contribution is -2.13. The molecule has 0 fully saturated rings. The standard InChI is InChI=1S/C13H14FN3O/c1-8(2)11-7-12(17-16-11)15-13(18)9-5-3-4-6-10(9)14/h3-8H,1-2H3,(H2,15,16,17,18). The van der Waals surface area contributed by atoms with Crippen LogP contribution in [0.2, 0.25) is 0 Å². The minimum Gasteiger partial charge on any atom is -0.305 e. The Kier molecular flexibility index (Phi) is 3.41. The first-order chi connectivity index (χ1) is 8.58. The lowest BCUT2D eigenvalue weighted by molar-refractivity contribution is 0.102. The highest BCUT2D eigenvalue weighted by Crippen LogP contribution is 2.16. The molecule has 0 atom stereocenters. The Bertz CT molecular complexity index is 563. The first-order valence-corrected chi connectivity index (χ1v) is 5.69. The number of nitrogens with zero attached hydrogens (tertiary/aromatic N) is 1. The van der Waals surface area contributed by atoms with Crippen molar-refractivity contribution in [2.75, 3.05) is 5.32 Å². The van der Waals surface area contributed by atoms with Gasteiger partial charge < -0.3 is 5.32 Å². The third-order valence-corrected chi connectivity index (χ3v) is 2.58. The predicted octanol–water partition coefficient (Wildman–Crippen LogP) is 2.92. The van der Waals surface area contributed by atoms with Crippen molar-refractivity contribution in [2.45, 2.75) is 19.8 Å². The van der Waals surface area contributed by atoms with E-state index in [-0.39, 0.29) is 11.5 Å². The number of amides is 1. The summed E-state index contributed by atoms with van der Waals surface area (Å²) in [5, 5.41) is 9.32. The SMILES string of the molecule is CC(C)c1cc(NC(=O)c2ccccc2F)n[nH]1. The molecule has 0 aliphatic carbocycles. The van der Waals surface area contributed by atoms with Gasteiger partial charge in [-0.2, -0.15) is 5.10 Å². The van der Waals surface area contributed by atoms with Crippen molar-refractivity contribution in [3.8, 4) is 0 Å². The van der Waals surface area contributed by atoms with Crippen LogP contribution in [0.25, 0.3) is 0 Å². The number of hydrogen-bond donors (Lipinski definition) is 2. The molecule has 0 unspecified atom stereocenters. The maximum atomic E-state index is 13.4. The number of aromatic nitrogens is 2. The van der Waals surface area contributed by atoms with Crippen molar-refractivity contribution in [2.24, 2.45) is 0 Å². The third kappa shape index (κ3) is 2.56. The zero-order chi connectivity index (χ0) is 13.1. The molecule has 94 valence electrons. The molecule has 1 aromatic heterocycles.